The van der Waals surface area contributed by atoms with Crippen molar-refractivity contribution in [3.05, 3.63) is 91.0 Å². The van der Waals surface area contributed by atoms with Gasteiger partial charge >= 0.3 is 15.6 Å². The molecule has 0 fully saturated rings. The zero-order chi connectivity index (χ0) is 22.5. The Bertz CT molecular complexity index is 1570. The average molecular weight is 452 g/mol. The fraction of sp³-hybridized carbons (Fsp3) is 0.0400. The molecule has 5 rings (SSSR count). The van der Waals surface area contributed by atoms with Gasteiger partial charge in [-0.2, -0.15) is 21.6 Å². The Balaban J connectivity index is 1.77. The fourth-order valence-corrected chi connectivity index (χ4v) is 4.42. The fourth-order valence-electron chi connectivity index (χ4n) is 3.97. The first-order valence-electron chi connectivity index (χ1n) is 9.69. The van der Waals surface area contributed by atoms with E-state index in [1.54, 1.807) is 6.07 Å². The maximum Gasteiger partial charge on any atom is 0.534 e. The number of rotatable bonds is 3. The van der Waals surface area contributed by atoms with Crippen molar-refractivity contribution in [3.63, 3.8) is 0 Å². The third-order valence-corrected chi connectivity index (χ3v) is 6.38. The van der Waals surface area contributed by atoms with Gasteiger partial charge in [0.25, 0.3) is 0 Å². The van der Waals surface area contributed by atoms with E-state index in [0.717, 1.165) is 38.1 Å². The summed E-state index contributed by atoms with van der Waals surface area (Å²) in [4.78, 5) is 0. The monoisotopic (exact) mass is 452 g/mol. The average Bonchev–Trinajstić information content (AvgIpc) is 2.78. The number of benzene rings is 5. The second kappa shape index (κ2) is 7.24. The van der Waals surface area contributed by atoms with E-state index in [1.165, 1.54) is 12.1 Å². The summed E-state index contributed by atoms with van der Waals surface area (Å²) in [6.07, 6.45) is 0. The van der Waals surface area contributed by atoms with Crippen LogP contribution in [-0.2, 0) is 10.1 Å². The summed E-state index contributed by atoms with van der Waals surface area (Å²) in [7, 11) is -5.75. The van der Waals surface area contributed by atoms with Crippen molar-refractivity contribution in [2.24, 2.45) is 0 Å². The molecule has 7 heteroatoms. The Morgan fingerprint density at radius 3 is 1.72 bits per heavy atom. The summed E-state index contributed by atoms with van der Waals surface area (Å²) in [6, 6.07) is 27.7. The lowest BCUT2D eigenvalue weighted by Crippen LogP contribution is -2.28. The predicted octanol–water partition coefficient (Wildman–Crippen LogP) is 7.04. The third-order valence-electron chi connectivity index (χ3n) is 5.40. The summed E-state index contributed by atoms with van der Waals surface area (Å²) >= 11 is 0. The number of halogens is 3. The normalized spacial score (nSPS) is 12.5. The molecule has 0 radical (unpaired) electrons. The molecule has 0 N–H and O–H groups in total. The maximum absolute atomic E-state index is 12.8. The maximum atomic E-state index is 12.8. The lowest BCUT2D eigenvalue weighted by atomic mass is 9.92. The highest BCUT2D eigenvalue weighted by Crippen LogP contribution is 2.39. The van der Waals surface area contributed by atoms with Crippen molar-refractivity contribution in [1.82, 2.24) is 0 Å². The van der Waals surface area contributed by atoms with Crippen LogP contribution in [-0.4, -0.2) is 13.9 Å². The van der Waals surface area contributed by atoms with Crippen LogP contribution in [0.3, 0.4) is 0 Å². The molecule has 0 amide bonds. The van der Waals surface area contributed by atoms with Gasteiger partial charge in [-0.3, -0.25) is 0 Å². The van der Waals surface area contributed by atoms with Gasteiger partial charge in [0.15, 0.2) is 0 Å². The quantitative estimate of drug-likeness (QED) is 0.167. The van der Waals surface area contributed by atoms with Gasteiger partial charge in [0, 0.05) is 0 Å². The molecule has 0 atom stereocenters. The molecule has 0 aromatic heterocycles. The Morgan fingerprint density at radius 1 is 0.562 bits per heavy atom. The highest BCUT2D eigenvalue weighted by Gasteiger charge is 2.48. The van der Waals surface area contributed by atoms with Gasteiger partial charge in [-0.15, -0.1) is 0 Å². The van der Waals surface area contributed by atoms with Crippen molar-refractivity contribution < 1.29 is 25.8 Å². The Kier molecular flexibility index (Phi) is 4.60. The second-order valence-electron chi connectivity index (χ2n) is 7.36. The number of fused-ring (bicyclic) bond motifs is 6. The molecule has 0 heterocycles. The molecular weight excluding hydrogens is 437 g/mol. The van der Waals surface area contributed by atoms with Crippen LogP contribution >= 0.6 is 0 Å². The number of alkyl halides is 3. The molecule has 0 aliphatic carbocycles. The number of hydrogen-bond acceptors (Lipinski definition) is 3. The van der Waals surface area contributed by atoms with Crippen molar-refractivity contribution in [1.29, 1.82) is 0 Å². The molecule has 160 valence electrons. The van der Waals surface area contributed by atoms with Crippen LogP contribution in [0.5, 0.6) is 5.75 Å². The largest absolute Gasteiger partial charge is 0.534 e. The SMILES string of the molecule is O=S(=O)(Oc1ccc2c3ccc(-c4ccccc4)cc3c3ccccc3c2c1)C(F)(F)F. The lowest BCUT2D eigenvalue weighted by molar-refractivity contribution is -0.0500. The van der Waals surface area contributed by atoms with Gasteiger partial charge < -0.3 is 4.18 Å². The van der Waals surface area contributed by atoms with Crippen LogP contribution in [0.2, 0.25) is 0 Å². The zero-order valence-electron chi connectivity index (χ0n) is 16.4. The highest BCUT2D eigenvalue weighted by molar-refractivity contribution is 7.88. The van der Waals surface area contributed by atoms with Crippen LogP contribution in [0.1, 0.15) is 0 Å². The lowest BCUT2D eigenvalue weighted by Gasteiger charge is -2.14. The molecular formula is C25H15F3O3S. The summed E-state index contributed by atoms with van der Waals surface area (Å²) < 4.78 is 65.6. The Morgan fingerprint density at radius 2 is 1.09 bits per heavy atom. The Labute approximate surface area is 181 Å². The van der Waals surface area contributed by atoms with Crippen molar-refractivity contribution in [2.45, 2.75) is 5.51 Å². The Hall–Kier alpha value is -3.58. The minimum absolute atomic E-state index is 0.389. The molecule has 0 aliphatic rings. The van der Waals surface area contributed by atoms with Crippen LogP contribution in [0.15, 0.2) is 91.0 Å². The van der Waals surface area contributed by atoms with Gasteiger partial charge in [0.2, 0.25) is 0 Å². The van der Waals surface area contributed by atoms with E-state index in [9.17, 15) is 21.6 Å². The molecule has 32 heavy (non-hydrogen) atoms. The first kappa shape index (κ1) is 20.3. The zero-order valence-corrected chi connectivity index (χ0v) is 17.2. The van der Waals surface area contributed by atoms with E-state index in [-0.39, 0.29) is 5.75 Å². The van der Waals surface area contributed by atoms with Gasteiger partial charge in [-0.25, -0.2) is 0 Å². The number of hydrogen-bond donors (Lipinski definition) is 0. The van der Waals surface area contributed by atoms with E-state index in [4.69, 9.17) is 0 Å². The second-order valence-corrected chi connectivity index (χ2v) is 8.90. The van der Waals surface area contributed by atoms with Crippen LogP contribution in [0, 0.1) is 0 Å². The van der Waals surface area contributed by atoms with Gasteiger partial charge in [0.1, 0.15) is 5.75 Å². The van der Waals surface area contributed by atoms with E-state index in [2.05, 4.69) is 10.2 Å². The molecule has 5 aromatic carbocycles. The van der Waals surface area contributed by atoms with Crippen molar-refractivity contribution in [2.75, 3.05) is 0 Å². The molecule has 0 saturated carbocycles. The molecule has 5 aromatic rings. The van der Waals surface area contributed by atoms with Gasteiger partial charge in [-0.1, -0.05) is 66.7 Å². The molecule has 3 nitrogen and oxygen atoms in total. The summed E-state index contributed by atoms with van der Waals surface area (Å²) in [5.41, 5.74) is -3.39. The van der Waals surface area contributed by atoms with Crippen molar-refractivity contribution >= 4 is 42.4 Å². The third kappa shape index (κ3) is 3.35. The minimum atomic E-state index is -5.75. The van der Waals surface area contributed by atoms with Crippen LogP contribution in [0.4, 0.5) is 13.2 Å². The van der Waals surface area contributed by atoms with Crippen LogP contribution in [0.25, 0.3) is 43.4 Å². The molecule has 0 aliphatic heterocycles. The highest BCUT2D eigenvalue weighted by atomic mass is 32.2. The van der Waals surface area contributed by atoms with E-state index in [0.29, 0.717) is 5.39 Å². The van der Waals surface area contributed by atoms with E-state index < -0.39 is 15.6 Å². The molecule has 0 saturated heterocycles. The van der Waals surface area contributed by atoms with Gasteiger partial charge in [-0.05, 0) is 67.7 Å². The predicted molar refractivity (Wildman–Crippen MR) is 120 cm³/mol. The summed E-state index contributed by atoms with van der Waals surface area (Å²) in [5.74, 6) is -0.389. The first-order valence-corrected chi connectivity index (χ1v) is 11.1. The molecule has 0 unspecified atom stereocenters. The van der Waals surface area contributed by atoms with E-state index >= 15 is 0 Å². The molecule has 0 spiro atoms. The summed E-state index contributed by atoms with van der Waals surface area (Å²) in [5, 5.41) is 4.99. The van der Waals surface area contributed by atoms with E-state index in [1.807, 2.05) is 66.7 Å². The van der Waals surface area contributed by atoms with Crippen LogP contribution < -0.4 is 4.18 Å². The first-order chi connectivity index (χ1) is 15.2. The van der Waals surface area contributed by atoms with Crippen molar-refractivity contribution in [3.8, 4) is 16.9 Å². The standard InChI is InChI=1S/C25H15F3O3S/c26-25(27,28)32(29,30)31-18-11-13-22-21-12-10-17(16-6-2-1-3-7-16)14-23(21)19-8-4-5-9-20(19)24(22)15-18/h1-15H. The molecule has 0 bridgehead atoms. The topological polar surface area (TPSA) is 43.4 Å². The van der Waals surface area contributed by atoms with Gasteiger partial charge in [0.05, 0.1) is 0 Å². The summed E-state index contributed by atoms with van der Waals surface area (Å²) in [6.45, 7) is 0. The smallest absolute Gasteiger partial charge is 0.376 e. The minimum Gasteiger partial charge on any atom is -0.376 e.